The number of halogens is 1. The van der Waals surface area contributed by atoms with Gasteiger partial charge in [0.05, 0.1) is 0 Å². The van der Waals surface area contributed by atoms with Crippen molar-refractivity contribution in [2.45, 2.75) is 6.42 Å². The summed E-state index contributed by atoms with van der Waals surface area (Å²) >= 11 is 6.08. The molecular weight excluding hydrogens is 286 g/mol. The number of nitrogens with zero attached hydrogens (tertiary/aromatic N) is 1. The van der Waals surface area contributed by atoms with Gasteiger partial charge in [-0.15, -0.1) is 0 Å². The van der Waals surface area contributed by atoms with Crippen molar-refractivity contribution in [3.63, 3.8) is 0 Å². The van der Waals surface area contributed by atoms with Crippen LogP contribution in [-0.4, -0.2) is 15.6 Å². The Balaban J connectivity index is 2.25. The highest BCUT2D eigenvalue weighted by atomic mass is 35.5. The van der Waals surface area contributed by atoms with Crippen LogP contribution in [0.1, 0.15) is 21.6 Å². The van der Waals surface area contributed by atoms with E-state index in [0.717, 1.165) is 22.0 Å². The molecule has 0 amide bonds. The molecule has 0 aliphatic heterocycles. The van der Waals surface area contributed by atoms with E-state index in [1.807, 2.05) is 42.5 Å². The normalized spacial score (nSPS) is 11.0. The zero-order chi connectivity index (χ0) is 15.0. The number of benzene rings is 2. The number of hydrogen-bond acceptors (Lipinski definition) is 1. The van der Waals surface area contributed by atoms with Crippen molar-refractivity contribution < 1.29 is 9.90 Å². The van der Waals surface area contributed by atoms with Crippen LogP contribution in [0.5, 0.6) is 0 Å². The van der Waals surface area contributed by atoms with Crippen LogP contribution in [0.15, 0.2) is 48.5 Å². The number of carboxylic acid groups (broad SMARTS) is 1. The smallest absolute Gasteiger partial charge is 0.352 e. The van der Waals surface area contributed by atoms with Gasteiger partial charge in [0, 0.05) is 29.4 Å². The van der Waals surface area contributed by atoms with Crippen molar-refractivity contribution in [2.75, 3.05) is 0 Å². The van der Waals surface area contributed by atoms with E-state index >= 15 is 0 Å². The summed E-state index contributed by atoms with van der Waals surface area (Å²) in [6.07, 6.45) is 0.570. The van der Waals surface area contributed by atoms with Gasteiger partial charge >= 0.3 is 5.97 Å². The Labute approximate surface area is 127 Å². The highest BCUT2D eigenvalue weighted by molar-refractivity contribution is 6.31. The van der Waals surface area contributed by atoms with Gasteiger partial charge in [-0.3, -0.25) is 0 Å². The molecule has 0 atom stereocenters. The predicted molar refractivity (Wildman–Crippen MR) is 84.1 cm³/mol. The Morgan fingerprint density at radius 2 is 1.90 bits per heavy atom. The molecule has 0 unspecified atom stereocenters. The number of carbonyl (C=O) groups is 1. The number of aromatic nitrogens is 1. The molecule has 1 N–H and O–H groups in total. The lowest BCUT2D eigenvalue weighted by Gasteiger charge is -2.04. The summed E-state index contributed by atoms with van der Waals surface area (Å²) < 4.78 is 1.71. The molecule has 3 nitrogen and oxygen atoms in total. The highest BCUT2D eigenvalue weighted by Gasteiger charge is 2.20. The molecule has 1 heterocycles. The molecule has 0 aliphatic carbocycles. The van der Waals surface area contributed by atoms with Crippen molar-refractivity contribution in [2.24, 2.45) is 7.05 Å². The van der Waals surface area contributed by atoms with Crippen molar-refractivity contribution in [3.8, 4) is 0 Å². The number of carboxylic acids is 1. The minimum atomic E-state index is -0.921. The van der Waals surface area contributed by atoms with E-state index in [4.69, 9.17) is 11.6 Å². The molecule has 0 bridgehead atoms. The summed E-state index contributed by atoms with van der Waals surface area (Å²) in [5.74, 6) is -0.921. The first-order valence-corrected chi connectivity index (χ1v) is 6.99. The topological polar surface area (TPSA) is 42.2 Å². The summed E-state index contributed by atoms with van der Waals surface area (Å²) in [6, 6.07) is 15.3. The Hall–Kier alpha value is -2.26. The van der Waals surface area contributed by atoms with Gasteiger partial charge in [0.15, 0.2) is 0 Å². The van der Waals surface area contributed by atoms with E-state index in [1.165, 1.54) is 0 Å². The predicted octanol–water partition coefficient (Wildman–Crippen LogP) is 4.12. The minimum Gasteiger partial charge on any atom is -0.477 e. The zero-order valence-corrected chi connectivity index (χ0v) is 12.3. The second-order valence-corrected chi connectivity index (χ2v) is 5.45. The Morgan fingerprint density at radius 3 is 2.57 bits per heavy atom. The van der Waals surface area contributed by atoms with Crippen LogP contribution in [0.25, 0.3) is 10.9 Å². The quantitative estimate of drug-likeness (QED) is 0.790. The summed E-state index contributed by atoms with van der Waals surface area (Å²) in [7, 11) is 1.77. The fraction of sp³-hybridized carbons (Fsp3) is 0.118. The monoisotopic (exact) mass is 299 g/mol. The van der Waals surface area contributed by atoms with Crippen LogP contribution < -0.4 is 0 Å². The molecule has 0 radical (unpaired) electrons. The van der Waals surface area contributed by atoms with Crippen LogP contribution in [0.3, 0.4) is 0 Å². The van der Waals surface area contributed by atoms with Crippen molar-refractivity contribution in [1.82, 2.24) is 4.57 Å². The minimum absolute atomic E-state index is 0.316. The van der Waals surface area contributed by atoms with E-state index in [0.29, 0.717) is 17.1 Å². The van der Waals surface area contributed by atoms with Gasteiger partial charge < -0.3 is 9.67 Å². The van der Waals surface area contributed by atoms with E-state index < -0.39 is 5.97 Å². The third-order valence-corrected chi connectivity index (χ3v) is 3.93. The second-order valence-electron chi connectivity index (χ2n) is 5.02. The number of aryl methyl sites for hydroxylation is 1. The molecule has 0 fully saturated rings. The molecule has 3 rings (SSSR count). The average molecular weight is 300 g/mol. The maximum absolute atomic E-state index is 11.6. The first-order valence-electron chi connectivity index (χ1n) is 6.62. The molecule has 1 aromatic heterocycles. The van der Waals surface area contributed by atoms with Gasteiger partial charge in [0.1, 0.15) is 5.69 Å². The van der Waals surface area contributed by atoms with Crippen LogP contribution in [0.4, 0.5) is 0 Å². The summed E-state index contributed by atoms with van der Waals surface area (Å²) in [4.78, 5) is 11.6. The van der Waals surface area contributed by atoms with Gasteiger partial charge in [-0.25, -0.2) is 4.79 Å². The highest BCUT2D eigenvalue weighted by Crippen LogP contribution is 2.30. The van der Waals surface area contributed by atoms with Gasteiger partial charge in [-0.05, 0) is 29.3 Å². The molecule has 0 saturated heterocycles. The molecule has 0 spiro atoms. The SMILES string of the molecule is Cn1c(C(=O)O)c(Cc2ccccc2)c2cc(Cl)ccc21. The van der Waals surface area contributed by atoms with Crippen molar-refractivity contribution in [1.29, 1.82) is 0 Å². The standard InChI is InChI=1S/C17H14ClNO2/c1-19-15-8-7-12(18)10-13(15)14(16(19)17(20)21)9-11-5-3-2-4-6-11/h2-8,10H,9H2,1H3,(H,20,21). The molecule has 4 heteroatoms. The van der Waals surface area contributed by atoms with E-state index in [1.54, 1.807) is 17.7 Å². The fourth-order valence-electron chi connectivity index (χ4n) is 2.74. The molecular formula is C17H14ClNO2. The second kappa shape index (κ2) is 5.26. The summed E-state index contributed by atoms with van der Waals surface area (Å²) in [5, 5.41) is 11.0. The molecule has 3 aromatic rings. The Bertz CT molecular complexity index is 822. The van der Waals surface area contributed by atoms with Gasteiger partial charge in [-0.1, -0.05) is 41.9 Å². The molecule has 0 saturated carbocycles. The first kappa shape index (κ1) is 13.7. The maximum atomic E-state index is 11.6. The molecule has 21 heavy (non-hydrogen) atoms. The summed E-state index contributed by atoms with van der Waals surface area (Å²) in [5.41, 5.74) is 3.07. The number of hydrogen-bond donors (Lipinski definition) is 1. The van der Waals surface area contributed by atoms with Gasteiger partial charge in [0.25, 0.3) is 0 Å². The Kier molecular flexibility index (Phi) is 3.43. The maximum Gasteiger partial charge on any atom is 0.352 e. The van der Waals surface area contributed by atoms with Crippen LogP contribution in [0, 0.1) is 0 Å². The van der Waals surface area contributed by atoms with Gasteiger partial charge in [0.2, 0.25) is 0 Å². The number of aromatic carboxylic acids is 1. The van der Waals surface area contributed by atoms with Crippen LogP contribution >= 0.6 is 11.6 Å². The lowest BCUT2D eigenvalue weighted by atomic mass is 10.0. The van der Waals surface area contributed by atoms with E-state index in [9.17, 15) is 9.90 Å². The van der Waals surface area contributed by atoms with E-state index in [-0.39, 0.29) is 0 Å². The number of fused-ring (bicyclic) bond motifs is 1. The lowest BCUT2D eigenvalue weighted by molar-refractivity contribution is 0.0686. The van der Waals surface area contributed by atoms with E-state index in [2.05, 4.69) is 0 Å². The molecule has 2 aromatic carbocycles. The van der Waals surface area contributed by atoms with Gasteiger partial charge in [-0.2, -0.15) is 0 Å². The third kappa shape index (κ3) is 2.41. The zero-order valence-electron chi connectivity index (χ0n) is 11.5. The van der Waals surface area contributed by atoms with Crippen molar-refractivity contribution >= 4 is 28.5 Å². The fourth-order valence-corrected chi connectivity index (χ4v) is 2.92. The first-order chi connectivity index (χ1) is 10.1. The third-order valence-electron chi connectivity index (χ3n) is 3.69. The lowest BCUT2D eigenvalue weighted by Crippen LogP contribution is -2.07. The summed E-state index contributed by atoms with van der Waals surface area (Å²) in [6.45, 7) is 0. The Morgan fingerprint density at radius 1 is 1.19 bits per heavy atom. The average Bonchev–Trinajstić information content (AvgIpc) is 2.72. The van der Waals surface area contributed by atoms with Crippen LogP contribution in [-0.2, 0) is 13.5 Å². The molecule has 106 valence electrons. The van der Waals surface area contributed by atoms with Crippen molar-refractivity contribution in [3.05, 3.63) is 70.4 Å². The van der Waals surface area contributed by atoms with Crippen LogP contribution in [0.2, 0.25) is 5.02 Å². The number of rotatable bonds is 3. The largest absolute Gasteiger partial charge is 0.477 e. The molecule has 0 aliphatic rings.